The highest BCUT2D eigenvalue weighted by atomic mass is 35.5. The van der Waals surface area contributed by atoms with E-state index in [-0.39, 0.29) is 16.2 Å². The predicted molar refractivity (Wildman–Crippen MR) is 90.0 cm³/mol. The molecule has 0 unspecified atom stereocenters. The van der Waals surface area contributed by atoms with Gasteiger partial charge in [-0.25, -0.2) is 9.18 Å². The molecule has 4 heteroatoms. The fourth-order valence-electron chi connectivity index (χ4n) is 2.96. The molecule has 0 bridgehead atoms. The molecule has 0 atom stereocenters. The minimum atomic E-state index is -1.10. The third-order valence-electron chi connectivity index (χ3n) is 4.18. The molecule has 0 amide bonds. The minimum absolute atomic E-state index is 0.0466. The number of benzene rings is 2. The van der Waals surface area contributed by atoms with Gasteiger partial charge in [-0.2, -0.15) is 0 Å². The lowest BCUT2D eigenvalue weighted by Crippen LogP contribution is -2.05. The molecule has 1 N–H and O–H groups in total. The molecule has 0 fully saturated rings. The maximum Gasteiger partial charge on any atom is 0.336 e. The van der Waals surface area contributed by atoms with Crippen LogP contribution in [0.2, 0.25) is 5.02 Å². The van der Waals surface area contributed by atoms with Crippen LogP contribution in [0.3, 0.4) is 0 Å². The van der Waals surface area contributed by atoms with Gasteiger partial charge in [0.15, 0.2) is 0 Å². The van der Waals surface area contributed by atoms with Crippen molar-refractivity contribution in [2.45, 2.75) is 25.7 Å². The molecule has 0 saturated heterocycles. The van der Waals surface area contributed by atoms with Crippen molar-refractivity contribution in [3.8, 4) is 0 Å². The average Bonchev–Trinajstić information content (AvgIpc) is 2.54. The third kappa shape index (κ3) is 3.30. The Bertz CT molecular complexity index is 776. The van der Waals surface area contributed by atoms with Crippen LogP contribution >= 0.6 is 11.6 Å². The van der Waals surface area contributed by atoms with Gasteiger partial charge in [-0.3, -0.25) is 0 Å². The van der Waals surface area contributed by atoms with E-state index in [1.165, 1.54) is 35.8 Å². The normalized spacial score (nSPS) is 14.4. The van der Waals surface area contributed by atoms with Gasteiger partial charge in [-0.15, -0.1) is 0 Å². The Morgan fingerprint density at radius 2 is 1.87 bits per heavy atom. The summed E-state index contributed by atoms with van der Waals surface area (Å²) in [7, 11) is 0. The fourth-order valence-corrected chi connectivity index (χ4v) is 3.18. The number of rotatable bonds is 3. The topological polar surface area (TPSA) is 37.3 Å². The largest absolute Gasteiger partial charge is 0.478 e. The number of carboxylic acid groups (broad SMARTS) is 1. The summed E-state index contributed by atoms with van der Waals surface area (Å²) in [5.41, 5.74) is 3.18. The summed E-state index contributed by atoms with van der Waals surface area (Å²) in [4.78, 5) is 11.7. The second-order valence-electron chi connectivity index (χ2n) is 5.69. The van der Waals surface area contributed by atoms with Crippen molar-refractivity contribution in [1.29, 1.82) is 0 Å². The first-order chi connectivity index (χ1) is 11.1. The Labute approximate surface area is 139 Å². The molecule has 1 aliphatic rings. The molecule has 2 nitrogen and oxygen atoms in total. The molecule has 0 aromatic heterocycles. The van der Waals surface area contributed by atoms with Crippen LogP contribution < -0.4 is 0 Å². The number of hydrogen-bond donors (Lipinski definition) is 1. The van der Waals surface area contributed by atoms with Crippen molar-refractivity contribution >= 4 is 29.2 Å². The van der Waals surface area contributed by atoms with Crippen LogP contribution in [-0.4, -0.2) is 11.1 Å². The average molecular weight is 331 g/mol. The molecular formula is C19H16ClFO2. The number of halogens is 2. The van der Waals surface area contributed by atoms with Crippen LogP contribution in [0.25, 0.3) is 11.6 Å². The molecule has 0 aliphatic heterocycles. The lowest BCUT2D eigenvalue weighted by molar-refractivity contribution is -0.130. The molecule has 2 aromatic carbocycles. The molecule has 2 aromatic rings. The molecule has 0 saturated carbocycles. The Balaban J connectivity index is 2.09. The van der Waals surface area contributed by atoms with Crippen molar-refractivity contribution < 1.29 is 14.3 Å². The molecule has 1 aliphatic carbocycles. The van der Waals surface area contributed by atoms with Gasteiger partial charge in [-0.1, -0.05) is 35.9 Å². The Morgan fingerprint density at radius 1 is 1.13 bits per heavy atom. The van der Waals surface area contributed by atoms with Gasteiger partial charge in [0.05, 0.1) is 10.6 Å². The summed E-state index contributed by atoms with van der Waals surface area (Å²) >= 11 is 6.00. The standard InChI is InChI=1S/C19H16ClFO2/c20-17-6-3-7-18(21)16(17)11-15(19(22)23)14-9-8-12-4-1-2-5-13(12)10-14/h3,6-11H,1-2,4-5H2,(H,22,23)/b15-11-. The van der Waals surface area contributed by atoms with Gasteiger partial charge in [0, 0.05) is 5.56 Å². The first-order valence-corrected chi connectivity index (χ1v) is 7.95. The van der Waals surface area contributed by atoms with Crippen molar-refractivity contribution in [3.05, 3.63) is 69.5 Å². The van der Waals surface area contributed by atoms with E-state index in [0.717, 1.165) is 19.3 Å². The lowest BCUT2D eigenvalue weighted by Gasteiger charge is -2.17. The lowest BCUT2D eigenvalue weighted by atomic mass is 9.89. The zero-order valence-corrected chi connectivity index (χ0v) is 13.2. The highest BCUT2D eigenvalue weighted by Gasteiger charge is 2.16. The number of hydrogen-bond acceptors (Lipinski definition) is 1. The summed E-state index contributed by atoms with van der Waals surface area (Å²) in [5, 5.41) is 9.74. The molecule has 23 heavy (non-hydrogen) atoms. The van der Waals surface area contributed by atoms with E-state index < -0.39 is 11.8 Å². The van der Waals surface area contributed by atoms with Gasteiger partial charge in [0.2, 0.25) is 0 Å². The molecule has 0 radical (unpaired) electrons. The maximum absolute atomic E-state index is 13.9. The highest BCUT2D eigenvalue weighted by Crippen LogP contribution is 2.29. The van der Waals surface area contributed by atoms with Gasteiger partial charge < -0.3 is 5.11 Å². The SMILES string of the molecule is O=C(O)/C(=C\c1c(F)cccc1Cl)c1ccc2c(c1)CCCC2. The summed E-state index contributed by atoms with van der Waals surface area (Å²) in [6.07, 6.45) is 5.57. The number of aryl methyl sites for hydroxylation is 2. The molecular weight excluding hydrogens is 315 g/mol. The predicted octanol–water partition coefficient (Wildman–Crippen LogP) is 4.98. The fraction of sp³-hybridized carbons (Fsp3) is 0.211. The molecule has 118 valence electrons. The van der Waals surface area contributed by atoms with E-state index in [0.29, 0.717) is 5.56 Å². The number of carboxylic acids is 1. The van der Waals surface area contributed by atoms with E-state index in [1.807, 2.05) is 12.1 Å². The van der Waals surface area contributed by atoms with E-state index in [1.54, 1.807) is 12.1 Å². The summed E-state index contributed by atoms with van der Waals surface area (Å²) in [6.45, 7) is 0. The Morgan fingerprint density at radius 3 is 2.57 bits per heavy atom. The van der Waals surface area contributed by atoms with Crippen LogP contribution in [0.1, 0.15) is 35.1 Å². The second kappa shape index (κ2) is 6.55. The first kappa shape index (κ1) is 15.8. The van der Waals surface area contributed by atoms with Gasteiger partial charge >= 0.3 is 5.97 Å². The van der Waals surface area contributed by atoms with Crippen LogP contribution in [-0.2, 0) is 17.6 Å². The summed E-state index contributed by atoms with van der Waals surface area (Å²) < 4.78 is 13.9. The van der Waals surface area contributed by atoms with Crippen molar-refractivity contribution in [2.75, 3.05) is 0 Å². The number of fused-ring (bicyclic) bond motifs is 1. The Kier molecular flexibility index (Phi) is 4.49. The van der Waals surface area contributed by atoms with Crippen LogP contribution in [0.15, 0.2) is 36.4 Å². The van der Waals surface area contributed by atoms with E-state index in [9.17, 15) is 14.3 Å². The highest BCUT2D eigenvalue weighted by molar-refractivity contribution is 6.33. The molecule has 0 spiro atoms. The number of carbonyl (C=O) groups is 1. The second-order valence-corrected chi connectivity index (χ2v) is 6.10. The van der Waals surface area contributed by atoms with Crippen LogP contribution in [0.4, 0.5) is 4.39 Å². The van der Waals surface area contributed by atoms with E-state index >= 15 is 0 Å². The monoisotopic (exact) mass is 330 g/mol. The number of aliphatic carboxylic acids is 1. The summed E-state index contributed by atoms with van der Waals surface area (Å²) in [5.74, 6) is -1.63. The van der Waals surface area contributed by atoms with Gasteiger partial charge in [-0.05, 0) is 60.6 Å². The first-order valence-electron chi connectivity index (χ1n) is 7.57. The van der Waals surface area contributed by atoms with Crippen LogP contribution in [0, 0.1) is 5.82 Å². The van der Waals surface area contributed by atoms with Crippen molar-refractivity contribution in [3.63, 3.8) is 0 Å². The molecule has 3 rings (SSSR count). The minimum Gasteiger partial charge on any atom is -0.478 e. The zero-order chi connectivity index (χ0) is 16.4. The quantitative estimate of drug-likeness (QED) is 0.636. The Hall–Kier alpha value is -2.13. The van der Waals surface area contributed by atoms with E-state index in [4.69, 9.17) is 11.6 Å². The van der Waals surface area contributed by atoms with Crippen LogP contribution in [0.5, 0.6) is 0 Å². The summed E-state index contributed by atoms with van der Waals surface area (Å²) in [6, 6.07) is 9.98. The van der Waals surface area contributed by atoms with Crippen molar-refractivity contribution in [1.82, 2.24) is 0 Å². The van der Waals surface area contributed by atoms with E-state index in [2.05, 4.69) is 0 Å². The smallest absolute Gasteiger partial charge is 0.336 e. The third-order valence-corrected chi connectivity index (χ3v) is 4.51. The van der Waals surface area contributed by atoms with Crippen molar-refractivity contribution in [2.24, 2.45) is 0 Å². The zero-order valence-electron chi connectivity index (χ0n) is 12.5. The van der Waals surface area contributed by atoms with Gasteiger partial charge in [0.25, 0.3) is 0 Å². The maximum atomic E-state index is 13.9. The molecule has 0 heterocycles. The van der Waals surface area contributed by atoms with Gasteiger partial charge in [0.1, 0.15) is 5.82 Å².